The third kappa shape index (κ3) is 3.98. The highest BCUT2D eigenvalue weighted by Gasteiger charge is 2.32. The fourth-order valence-corrected chi connectivity index (χ4v) is 4.34. The largest absolute Gasteiger partial charge is 0.351 e. The fraction of sp³-hybridized carbons (Fsp3) is 0.524. The van der Waals surface area contributed by atoms with Crippen LogP contribution in [0.5, 0.6) is 0 Å². The van der Waals surface area contributed by atoms with Gasteiger partial charge in [-0.05, 0) is 31.2 Å². The molecule has 140 valence electrons. The van der Waals surface area contributed by atoms with Gasteiger partial charge in [0.1, 0.15) is 6.54 Å². The molecule has 0 radical (unpaired) electrons. The number of amides is 2. The lowest BCUT2D eigenvalue weighted by molar-refractivity contribution is -0.122. The second-order valence-corrected chi connectivity index (χ2v) is 8.02. The van der Waals surface area contributed by atoms with E-state index in [0.717, 1.165) is 25.2 Å². The van der Waals surface area contributed by atoms with Gasteiger partial charge in [-0.2, -0.15) is 0 Å². The summed E-state index contributed by atoms with van der Waals surface area (Å²) in [6.45, 7) is 13.6. The number of benzene rings is 1. The van der Waals surface area contributed by atoms with Gasteiger partial charge in [0.15, 0.2) is 0 Å². The third-order valence-electron chi connectivity index (χ3n) is 5.22. The first kappa shape index (κ1) is 18.6. The van der Waals surface area contributed by atoms with Gasteiger partial charge in [-0.15, -0.1) is 0 Å². The number of nitrogens with one attached hydrogen (secondary N) is 1. The van der Waals surface area contributed by atoms with Crippen molar-refractivity contribution >= 4 is 17.5 Å². The Kier molecular flexibility index (Phi) is 5.47. The number of hydrogen-bond donors (Lipinski definition) is 1. The monoisotopic (exact) mass is 355 g/mol. The van der Waals surface area contributed by atoms with Crippen LogP contribution in [0.4, 0.5) is 0 Å². The SMILES string of the molecule is C=C1c2ccccc2C(=O)N1CC(=O)NC(C)CN1CC(C)CC(C)C1. The Labute approximate surface area is 156 Å². The summed E-state index contributed by atoms with van der Waals surface area (Å²) in [4.78, 5) is 28.9. The molecule has 1 fully saturated rings. The Morgan fingerprint density at radius 2 is 1.85 bits per heavy atom. The number of hydrogen-bond acceptors (Lipinski definition) is 3. The van der Waals surface area contributed by atoms with Crippen molar-refractivity contribution in [1.29, 1.82) is 0 Å². The molecule has 2 aliphatic heterocycles. The molecule has 1 saturated heterocycles. The van der Waals surface area contributed by atoms with Crippen LogP contribution in [0.15, 0.2) is 30.8 Å². The summed E-state index contributed by atoms with van der Waals surface area (Å²) in [5.74, 6) is 1.11. The standard InChI is InChI=1S/C21H29N3O2/c1-14-9-15(2)11-23(10-14)12-16(3)22-20(25)13-24-17(4)18-7-5-6-8-19(18)21(24)26/h5-8,14-16H,4,9-13H2,1-3H3,(H,22,25). The van der Waals surface area contributed by atoms with E-state index in [9.17, 15) is 9.59 Å². The first-order valence-electron chi connectivity index (χ1n) is 9.47. The molecule has 0 spiro atoms. The molecule has 3 unspecified atom stereocenters. The normalized spacial score (nSPS) is 24.5. The average molecular weight is 355 g/mol. The van der Waals surface area contributed by atoms with Crippen molar-refractivity contribution in [2.24, 2.45) is 11.8 Å². The molecular formula is C21H29N3O2. The van der Waals surface area contributed by atoms with Gasteiger partial charge in [0.05, 0.1) is 0 Å². The van der Waals surface area contributed by atoms with Crippen molar-refractivity contribution in [3.05, 3.63) is 42.0 Å². The van der Waals surface area contributed by atoms with Crippen molar-refractivity contribution in [3.63, 3.8) is 0 Å². The second-order valence-electron chi connectivity index (χ2n) is 8.02. The summed E-state index contributed by atoms with van der Waals surface area (Å²) in [5, 5.41) is 3.04. The second kappa shape index (κ2) is 7.62. The van der Waals surface area contributed by atoms with Gasteiger partial charge < -0.3 is 10.2 Å². The minimum atomic E-state index is -0.146. The van der Waals surface area contributed by atoms with Gasteiger partial charge in [-0.25, -0.2) is 0 Å². The highest BCUT2D eigenvalue weighted by atomic mass is 16.2. The van der Waals surface area contributed by atoms with Crippen LogP contribution in [0, 0.1) is 11.8 Å². The molecule has 0 aliphatic carbocycles. The molecule has 0 saturated carbocycles. The van der Waals surface area contributed by atoms with Crippen molar-refractivity contribution in [2.45, 2.75) is 33.2 Å². The molecule has 5 heteroatoms. The summed E-state index contributed by atoms with van der Waals surface area (Å²) in [7, 11) is 0. The summed E-state index contributed by atoms with van der Waals surface area (Å²) in [6, 6.07) is 7.41. The van der Waals surface area contributed by atoms with Crippen LogP contribution >= 0.6 is 0 Å². The van der Waals surface area contributed by atoms with Crippen LogP contribution in [0.2, 0.25) is 0 Å². The topological polar surface area (TPSA) is 52.7 Å². The summed E-state index contributed by atoms with van der Waals surface area (Å²) in [6.07, 6.45) is 1.27. The van der Waals surface area contributed by atoms with Crippen LogP contribution in [-0.2, 0) is 4.79 Å². The maximum Gasteiger partial charge on any atom is 0.259 e. The average Bonchev–Trinajstić information content (AvgIpc) is 2.79. The third-order valence-corrected chi connectivity index (χ3v) is 5.22. The first-order valence-corrected chi connectivity index (χ1v) is 9.47. The maximum atomic E-state index is 12.5. The van der Waals surface area contributed by atoms with Crippen LogP contribution < -0.4 is 5.32 Å². The lowest BCUT2D eigenvalue weighted by Gasteiger charge is -2.36. The van der Waals surface area contributed by atoms with E-state index in [0.29, 0.717) is 23.1 Å². The Balaban J connectivity index is 1.53. The van der Waals surface area contributed by atoms with Crippen LogP contribution in [0.3, 0.4) is 0 Å². The van der Waals surface area contributed by atoms with E-state index in [1.807, 2.05) is 25.1 Å². The van der Waals surface area contributed by atoms with Crippen LogP contribution in [-0.4, -0.2) is 53.8 Å². The Morgan fingerprint density at radius 1 is 1.23 bits per heavy atom. The molecule has 5 nitrogen and oxygen atoms in total. The molecule has 0 bridgehead atoms. The molecule has 1 aromatic rings. The Hall–Kier alpha value is -2.14. The molecule has 3 rings (SSSR count). The van der Waals surface area contributed by atoms with Crippen LogP contribution in [0.1, 0.15) is 43.1 Å². The van der Waals surface area contributed by atoms with Gasteiger partial charge in [0.25, 0.3) is 5.91 Å². The molecule has 1 aromatic carbocycles. The molecule has 1 N–H and O–H groups in total. The van der Waals surface area contributed by atoms with E-state index in [-0.39, 0.29) is 24.4 Å². The molecule has 2 amide bonds. The van der Waals surface area contributed by atoms with Crippen LogP contribution in [0.25, 0.3) is 5.70 Å². The fourth-order valence-electron chi connectivity index (χ4n) is 4.34. The van der Waals surface area contributed by atoms with Crippen molar-refractivity contribution in [2.75, 3.05) is 26.2 Å². The number of carbonyl (C=O) groups is 2. The minimum absolute atomic E-state index is 0.0174. The smallest absolute Gasteiger partial charge is 0.259 e. The van der Waals surface area contributed by atoms with E-state index >= 15 is 0 Å². The van der Waals surface area contributed by atoms with E-state index in [1.54, 1.807) is 6.07 Å². The van der Waals surface area contributed by atoms with Gasteiger partial charge in [-0.1, -0.05) is 38.6 Å². The zero-order valence-electron chi connectivity index (χ0n) is 16.0. The summed E-state index contributed by atoms with van der Waals surface area (Å²) < 4.78 is 0. The predicted octanol–water partition coefficient (Wildman–Crippen LogP) is 2.60. The number of rotatable bonds is 5. The zero-order chi connectivity index (χ0) is 18.8. The van der Waals surface area contributed by atoms with Gasteiger partial charge >= 0.3 is 0 Å². The number of fused-ring (bicyclic) bond motifs is 1. The molecule has 3 atom stereocenters. The highest BCUT2D eigenvalue weighted by Crippen LogP contribution is 2.30. The molecule has 2 heterocycles. The van der Waals surface area contributed by atoms with E-state index in [2.05, 4.69) is 30.6 Å². The molecule has 26 heavy (non-hydrogen) atoms. The van der Waals surface area contributed by atoms with E-state index < -0.39 is 0 Å². The molecule has 0 aromatic heterocycles. The van der Waals surface area contributed by atoms with Crippen molar-refractivity contribution < 1.29 is 9.59 Å². The van der Waals surface area contributed by atoms with Gasteiger partial charge in [0.2, 0.25) is 5.91 Å². The van der Waals surface area contributed by atoms with Gasteiger partial charge in [-0.3, -0.25) is 14.5 Å². The lowest BCUT2D eigenvalue weighted by atomic mass is 9.92. The van der Waals surface area contributed by atoms with Gasteiger partial charge in [0, 0.05) is 42.5 Å². The first-order chi connectivity index (χ1) is 12.3. The Bertz CT molecular complexity index is 670. The van der Waals surface area contributed by atoms with E-state index in [1.165, 1.54) is 11.3 Å². The molecule has 2 aliphatic rings. The quantitative estimate of drug-likeness (QED) is 0.883. The van der Waals surface area contributed by atoms with Crippen molar-refractivity contribution in [1.82, 2.24) is 15.1 Å². The lowest BCUT2D eigenvalue weighted by Crippen LogP contribution is -2.48. The summed E-state index contributed by atoms with van der Waals surface area (Å²) in [5.41, 5.74) is 2.04. The number of nitrogens with zero attached hydrogens (tertiary/aromatic N) is 2. The zero-order valence-corrected chi connectivity index (χ0v) is 16.0. The summed E-state index contributed by atoms with van der Waals surface area (Å²) >= 11 is 0. The Morgan fingerprint density at radius 3 is 2.46 bits per heavy atom. The highest BCUT2D eigenvalue weighted by molar-refractivity contribution is 6.10. The number of likely N-dealkylation sites (tertiary alicyclic amines) is 1. The number of carbonyl (C=O) groups excluding carboxylic acids is 2. The predicted molar refractivity (Wildman–Crippen MR) is 104 cm³/mol. The number of piperidine rings is 1. The van der Waals surface area contributed by atoms with Crippen molar-refractivity contribution in [3.8, 4) is 0 Å². The minimum Gasteiger partial charge on any atom is -0.351 e. The molecular weight excluding hydrogens is 326 g/mol. The van der Waals surface area contributed by atoms with E-state index in [4.69, 9.17) is 0 Å². The maximum absolute atomic E-state index is 12.5.